The van der Waals surface area contributed by atoms with E-state index in [0.717, 1.165) is 13.0 Å². The molecule has 1 aromatic heterocycles. The Morgan fingerprint density at radius 3 is 2.50 bits per heavy atom. The van der Waals surface area contributed by atoms with Crippen LogP contribution in [-0.4, -0.2) is 13.6 Å². The molecule has 0 amide bonds. The summed E-state index contributed by atoms with van der Waals surface area (Å²) in [4.78, 5) is 0. The van der Waals surface area contributed by atoms with Crippen LogP contribution in [0.25, 0.3) is 0 Å². The molecule has 0 spiro atoms. The molecule has 1 aromatic rings. The van der Waals surface area contributed by atoms with Gasteiger partial charge in [-0.1, -0.05) is 13.8 Å². The van der Waals surface area contributed by atoms with Crippen molar-refractivity contribution in [1.29, 1.82) is 0 Å². The van der Waals surface area contributed by atoms with E-state index in [1.165, 1.54) is 26.0 Å². The molecule has 0 radical (unpaired) electrons. The number of hydrogen-bond donors (Lipinski definition) is 1. The van der Waals surface area contributed by atoms with Gasteiger partial charge in [0.25, 0.3) is 0 Å². The van der Waals surface area contributed by atoms with Crippen molar-refractivity contribution in [2.75, 3.05) is 13.6 Å². The molecule has 0 fully saturated rings. The summed E-state index contributed by atoms with van der Waals surface area (Å²) in [5.74, 6) is 0. The van der Waals surface area contributed by atoms with E-state index in [1.807, 2.05) is 7.05 Å². The van der Waals surface area contributed by atoms with E-state index in [0.29, 0.717) is 5.41 Å². The van der Waals surface area contributed by atoms with Gasteiger partial charge < -0.3 is 5.32 Å². The molecule has 0 aliphatic heterocycles. The average molecular weight is 369 g/mol. The number of thiophene rings is 1. The number of rotatable bonds is 6. The van der Waals surface area contributed by atoms with Gasteiger partial charge in [-0.2, -0.15) is 0 Å². The molecule has 0 unspecified atom stereocenters. The highest BCUT2D eigenvalue weighted by molar-refractivity contribution is 9.12. The zero-order chi connectivity index (χ0) is 12.2. The van der Waals surface area contributed by atoms with Crippen LogP contribution in [0.3, 0.4) is 0 Å². The minimum Gasteiger partial charge on any atom is -0.320 e. The van der Waals surface area contributed by atoms with Crippen molar-refractivity contribution in [1.82, 2.24) is 5.32 Å². The maximum atomic E-state index is 3.61. The van der Waals surface area contributed by atoms with Gasteiger partial charge in [0, 0.05) is 0 Å². The highest BCUT2D eigenvalue weighted by atomic mass is 79.9. The highest BCUT2D eigenvalue weighted by Gasteiger charge is 2.18. The monoisotopic (exact) mass is 367 g/mol. The minimum atomic E-state index is 0.414. The summed E-state index contributed by atoms with van der Waals surface area (Å²) < 4.78 is 2.48. The number of nitrogens with one attached hydrogen (secondary N) is 1. The summed E-state index contributed by atoms with van der Waals surface area (Å²) in [6.45, 7) is 5.79. The van der Waals surface area contributed by atoms with Gasteiger partial charge in [-0.15, -0.1) is 11.3 Å². The maximum absolute atomic E-state index is 3.61. The molecular formula is C12H19Br2NS. The first-order chi connectivity index (χ1) is 7.44. The average Bonchev–Trinajstić information content (AvgIpc) is 2.52. The minimum absolute atomic E-state index is 0.414. The van der Waals surface area contributed by atoms with Gasteiger partial charge in [-0.25, -0.2) is 0 Å². The third-order valence-electron chi connectivity index (χ3n) is 2.85. The van der Waals surface area contributed by atoms with Gasteiger partial charge in [0.2, 0.25) is 0 Å². The van der Waals surface area contributed by atoms with E-state index in [-0.39, 0.29) is 0 Å². The molecule has 4 heteroatoms. The van der Waals surface area contributed by atoms with Gasteiger partial charge in [-0.05, 0) is 81.8 Å². The Balaban J connectivity index is 2.47. The molecule has 1 rings (SSSR count). The molecule has 0 atom stereocenters. The molecule has 1 heterocycles. The largest absolute Gasteiger partial charge is 0.320 e. The number of hydrogen-bond acceptors (Lipinski definition) is 2. The Hall–Kier alpha value is 0.620. The molecular weight excluding hydrogens is 350 g/mol. The van der Waals surface area contributed by atoms with Crippen LogP contribution in [0.5, 0.6) is 0 Å². The fraction of sp³-hybridized carbons (Fsp3) is 0.667. The van der Waals surface area contributed by atoms with Gasteiger partial charge in [0.1, 0.15) is 0 Å². The summed E-state index contributed by atoms with van der Waals surface area (Å²) in [5.41, 5.74) is 1.84. The maximum Gasteiger partial charge on any atom is 0.0742 e. The lowest BCUT2D eigenvalue weighted by Gasteiger charge is -2.24. The van der Waals surface area contributed by atoms with Crippen LogP contribution in [0.2, 0.25) is 0 Å². The van der Waals surface area contributed by atoms with Gasteiger partial charge in [-0.3, -0.25) is 0 Å². The van der Waals surface area contributed by atoms with E-state index >= 15 is 0 Å². The molecule has 16 heavy (non-hydrogen) atoms. The molecule has 92 valence electrons. The standard InChI is InChI=1S/C12H19Br2NS/c1-12(2,6-7-15-3)5-4-9-8-10(13)16-11(9)14/h8,15H,4-7H2,1-3H3. The Morgan fingerprint density at radius 1 is 1.31 bits per heavy atom. The van der Waals surface area contributed by atoms with Crippen LogP contribution >= 0.6 is 43.2 Å². The Bertz CT molecular complexity index is 334. The van der Waals surface area contributed by atoms with Crippen LogP contribution < -0.4 is 5.32 Å². The summed E-state index contributed by atoms with van der Waals surface area (Å²) in [6, 6.07) is 2.23. The summed E-state index contributed by atoms with van der Waals surface area (Å²) in [6.07, 6.45) is 3.61. The van der Waals surface area contributed by atoms with E-state index < -0.39 is 0 Å². The smallest absolute Gasteiger partial charge is 0.0742 e. The van der Waals surface area contributed by atoms with Crippen LogP contribution in [-0.2, 0) is 6.42 Å². The lowest BCUT2D eigenvalue weighted by Crippen LogP contribution is -2.20. The van der Waals surface area contributed by atoms with E-state index in [4.69, 9.17) is 0 Å². The van der Waals surface area contributed by atoms with Crippen LogP contribution in [0, 0.1) is 5.41 Å². The summed E-state index contributed by atoms with van der Waals surface area (Å²) in [5, 5.41) is 3.22. The molecule has 0 aromatic carbocycles. The fourth-order valence-electron chi connectivity index (χ4n) is 1.61. The third-order valence-corrected chi connectivity index (χ3v) is 5.31. The van der Waals surface area contributed by atoms with Crippen molar-refractivity contribution in [3.05, 3.63) is 19.2 Å². The number of halogens is 2. The van der Waals surface area contributed by atoms with E-state index in [1.54, 1.807) is 11.3 Å². The molecule has 1 N–H and O–H groups in total. The van der Waals surface area contributed by atoms with E-state index in [2.05, 4.69) is 57.1 Å². The normalized spacial score (nSPS) is 12.1. The van der Waals surface area contributed by atoms with Crippen molar-refractivity contribution in [3.63, 3.8) is 0 Å². The van der Waals surface area contributed by atoms with Crippen molar-refractivity contribution in [3.8, 4) is 0 Å². The molecule has 0 saturated heterocycles. The second kappa shape index (κ2) is 6.53. The Kier molecular flexibility index (Phi) is 5.99. The predicted octanol–water partition coefficient (Wildman–Crippen LogP) is 4.84. The van der Waals surface area contributed by atoms with Gasteiger partial charge >= 0.3 is 0 Å². The zero-order valence-corrected chi connectivity index (χ0v) is 14.1. The summed E-state index contributed by atoms with van der Waals surface area (Å²) in [7, 11) is 2.02. The van der Waals surface area contributed by atoms with Crippen molar-refractivity contribution < 1.29 is 0 Å². The van der Waals surface area contributed by atoms with Crippen LogP contribution in [0.15, 0.2) is 13.6 Å². The first kappa shape index (κ1) is 14.7. The van der Waals surface area contributed by atoms with Gasteiger partial charge in [0.15, 0.2) is 0 Å². The Morgan fingerprint density at radius 2 is 2.00 bits per heavy atom. The summed E-state index contributed by atoms with van der Waals surface area (Å²) >= 11 is 8.90. The van der Waals surface area contributed by atoms with Crippen molar-refractivity contribution in [2.24, 2.45) is 5.41 Å². The molecule has 1 nitrogen and oxygen atoms in total. The first-order valence-corrected chi connectivity index (χ1v) is 7.93. The lowest BCUT2D eigenvalue weighted by molar-refractivity contribution is 0.305. The van der Waals surface area contributed by atoms with Crippen molar-refractivity contribution in [2.45, 2.75) is 33.1 Å². The Labute approximate surface area is 119 Å². The topological polar surface area (TPSA) is 12.0 Å². The van der Waals surface area contributed by atoms with Gasteiger partial charge in [0.05, 0.1) is 7.57 Å². The molecule has 0 bridgehead atoms. The van der Waals surface area contributed by atoms with Crippen LogP contribution in [0.4, 0.5) is 0 Å². The highest BCUT2D eigenvalue weighted by Crippen LogP contribution is 2.35. The van der Waals surface area contributed by atoms with E-state index in [9.17, 15) is 0 Å². The molecule has 0 saturated carbocycles. The fourth-order valence-corrected chi connectivity index (χ4v) is 4.52. The third kappa shape index (κ3) is 4.86. The number of aryl methyl sites for hydroxylation is 1. The first-order valence-electron chi connectivity index (χ1n) is 5.53. The predicted molar refractivity (Wildman–Crippen MR) is 80.4 cm³/mol. The quantitative estimate of drug-likeness (QED) is 0.757. The molecule has 0 aliphatic rings. The molecule has 0 aliphatic carbocycles. The second-order valence-electron chi connectivity index (χ2n) is 4.87. The van der Waals surface area contributed by atoms with Crippen LogP contribution in [0.1, 0.15) is 32.3 Å². The zero-order valence-electron chi connectivity index (χ0n) is 10.1. The second-order valence-corrected chi connectivity index (χ2v) is 8.62. The lowest BCUT2D eigenvalue weighted by atomic mass is 9.83. The SMILES string of the molecule is CNCCC(C)(C)CCc1cc(Br)sc1Br. The van der Waals surface area contributed by atoms with Crippen molar-refractivity contribution >= 4 is 43.2 Å².